The van der Waals surface area contributed by atoms with Crippen LogP contribution in [-0.4, -0.2) is 26.9 Å². The van der Waals surface area contributed by atoms with Gasteiger partial charge in [0.05, 0.1) is 7.11 Å². The lowest BCUT2D eigenvalue weighted by Gasteiger charge is -1.98. The lowest BCUT2D eigenvalue weighted by molar-refractivity contribution is 0.377. The summed E-state index contributed by atoms with van der Waals surface area (Å²) in [5.41, 5.74) is 6.94. The molecular weight excluding hydrogens is 182 g/mol. The van der Waals surface area contributed by atoms with Gasteiger partial charge < -0.3 is 10.5 Å². The van der Waals surface area contributed by atoms with E-state index in [1.165, 1.54) is 0 Å². The van der Waals surface area contributed by atoms with E-state index in [1.807, 2.05) is 0 Å². The highest BCUT2D eigenvalue weighted by atomic mass is 16.5. The number of nitrogens with two attached hydrogens (primary N) is 1. The van der Waals surface area contributed by atoms with Crippen LogP contribution in [0.15, 0.2) is 0 Å². The zero-order chi connectivity index (χ0) is 10.3. The van der Waals surface area contributed by atoms with Crippen molar-refractivity contribution in [3.05, 3.63) is 5.82 Å². The molecule has 0 aliphatic heterocycles. The fourth-order valence-electron chi connectivity index (χ4n) is 1.41. The van der Waals surface area contributed by atoms with Crippen LogP contribution in [0.25, 0.3) is 11.0 Å². The van der Waals surface area contributed by atoms with E-state index in [1.54, 1.807) is 25.8 Å². The number of rotatable bonds is 1. The lowest BCUT2D eigenvalue weighted by Crippen LogP contribution is -1.96. The molecular formula is C8H11N5O. The van der Waals surface area contributed by atoms with E-state index < -0.39 is 0 Å². The Morgan fingerprint density at radius 1 is 1.29 bits per heavy atom. The van der Waals surface area contributed by atoms with Gasteiger partial charge in [0.15, 0.2) is 16.9 Å². The Morgan fingerprint density at radius 2 is 2.00 bits per heavy atom. The zero-order valence-electron chi connectivity index (χ0n) is 8.27. The fraction of sp³-hybridized carbons (Fsp3) is 0.375. The minimum atomic E-state index is 0.381. The van der Waals surface area contributed by atoms with Crippen molar-refractivity contribution in [3.63, 3.8) is 0 Å². The predicted octanol–water partition coefficient (Wildman–Crippen LogP) is 0.263. The third-order valence-corrected chi connectivity index (χ3v) is 1.96. The first kappa shape index (κ1) is 8.74. The molecule has 14 heavy (non-hydrogen) atoms. The lowest BCUT2D eigenvalue weighted by atomic mass is 10.4. The van der Waals surface area contributed by atoms with Crippen LogP contribution < -0.4 is 10.5 Å². The number of hydrogen-bond donors (Lipinski definition) is 1. The van der Waals surface area contributed by atoms with Crippen LogP contribution >= 0.6 is 0 Å². The average Bonchev–Trinajstić information content (AvgIpc) is 2.41. The highest BCUT2D eigenvalue weighted by molar-refractivity contribution is 5.87. The van der Waals surface area contributed by atoms with Gasteiger partial charge in [0.1, 0.15) is 5.82 Å². The normalized spacial score (nSPS) is 10.8. The Bertz CT molecular complexity index is 490. The van der Waals surface area contributed by atoms with Crippen molar-refractivity contribution in [2.75, 3.05) is 12.8 Å². The average molecular weight is 193 g/mol. The number of fused-ring (bicyclic) bond motifs is 1. The molecule has 0 atom stereocenters. The molecule has 0 spiro atoms. The molecule has 74 valence electrons. The summed E-state index contributed by atoms with van der Waals surface area (Å²) < 4.78 is 6.76. The molecule has 6 nitrogen and oxygen atoms in total. The highest BCUT2D eigenvalue weighted by Crippen LogP contribution is 2.25. The van der Waals surface area contributed by atoms with E-state index in [-0.39, 0.29) is 0 Å². The SMILES string of the molecule is COc1c2nc(C)nc(N)c2nn1C. The van der Waals surface area contributed by atoms with Gasteiger partial charge in [0, 0.05) is 7.05 Å². The number of ether oxygens (including phenoxy) is 1. The Balaban J connectivity index is 2.87. The summed E-state index contributed by atoms with van der Waals surface area (Å²) in [7, 11) is 3.35. The van der Waals surface area contributed by atoms with Crippen LogP contribution in [0, 0.1) is 6.92 Å². The van der Waals surface area contributed by atoms with Gasteiger partial charge in [0.2, 0.25) is 5.88 Å². The summed E-state index contributed by atoms with van der Waals surface area (Å²) in [5, 5.41) is 4.17. The Labute approximate surface area is 80.7 Å². The van der Waals surface area contributed by atoms with Crippen LogP contribution in [-0.2, 0) is 7.05 Å². The molecule has 2 aromatic heterocycles. The third kappa shape index (κ3) is 1.07. The number of nitrogen functional groups attached to an aromatic ring is 1. The first-order valence-corrected chi connectivity index (χ1v) is 4.14. The van der Waals surface area contributed by atoms with Crippen molar-refractivity contribution in [2.24, 2.45) is 7.05 Å². The van der Waals surface area contributed by atoms with Crippen molar-refractivity contribution in [3.8, 4) is 5.88 Å². The Kier molecular flexibility index (Phi) is 1.77. The summed E-state index contributed by atoms with van der Waals surface area (Å²) in [5.74, 6) is 1.59. The van der Waals surface area contributed by atoms with Gasteiger partial charge in [-0.05, 0) is 6.92 Å². The number of methoxy groups -OCH3 is 1. The van der Waals surface area contributed by atoms with E-state index in [0.29, 0.717) is 28.6 Å². The molecule has 0 bridgehead atoms. The Morgan fingerprint density at radius 3 is 2.64 bits per heavy atom. The summed E-state index contributed by atoms with van der Waals surface area (Å²) in [4.78, 5) is 8.25. The Hall–Kier alpha value is -1.85. The first-order valence-electron chi connectivity index (χ1n) is 4.14. The van der Waals surface area contributed by atoms with Gasteiger partial charge in [-0.3, -0.25) is 0 Å². The van der Waals surface area contributed by atoms with Crippen LogP contribution in [0.5, 0.6) is 5.88 Å². The van der Waals surface area contributed by atoms with Crippen LogP contribution in [0.2, 0.25) is 0 Å². The van der Waals surface area contributed by atoms with Crippen molar-refractivity contribution < 1.29 is 4.74 Å². The molecule has 0 amide bonds. The zero-order valence-corrected chi connectivity index (χ0v) is 8.27. The van der Waals surface area contributed by atoms with Gasteiger partial charge in [-0.2, -0.15) is 5.10 Å². The van der Waals surface area contributed by atoms with Crippen molar-refractivity contribution in [1.29, 1.82) is 0 Å². The van der Waals surface area contributed by atoms with E-state index in [9.17, 15) is 0 Å². The summed E-state index contributed by atoms with van der Waals surface area (Å²) >= 11 is 0. The standard InChI is InChI=1S/C8H11N5O/c1-4-10-6-5(7(9)11-4)12-13(2)8(6)14-3/h1-3H3,(H2,9,10,11). The molecule has 6 heteroatoms. The molecule has 2 heterocycles. The second-order valence-electron chi connectivity index (χ2n) is 2.99. The molecule has 0 radical (unpaired) electrons. The molecule has 0 aromatic carbocycles. The van der Waals surface area contributed by atoms with Crippen molar-refractivity contribution in [2.45, 2.75) is 6.92 Å². The highest BCUT2D eigenvalue weighted by Gasteiger charge is 2.14. The maximum absolute atomic E-state index is 5.71. The summed E-state index contributed by atoms with van der Waals surface area (Å²) in [6.45, 7) is 1.78. The van der Waals surface area contributed by atoms with Crippen LogP contribution in [0.4, 0.5) is 5.82 Å². The van der Waals surface area contributed by atoms with Crippen molar-refractivity contribution >= 4 is 16.9 Å². The second kappa shape index (κ2) is 2.83. The smallest absolute Gasteiger partial charge is 0.238 e. The van der Waals surface area contributed by atoms with E-state index in [4.69, 9.17) is 10.5 Å². The minimum Gasteiger partial charge on any atom is -0.480 e. The minimum absolute atomic E-state index is 0.381. The topological polar surface area (TPSA) is 78.8 Å². The number of aromatic nitrogens is 4. The summed E-state index contributed by atoms with van der Waals surface area (Å²) in [6, 6.07) is 0. The molecule has 0 unspecified atom stereocenters. The maximum atomic E-state index is 5.71. The van der Waals surface area contributed by atoms with Gasteiger partial charge in [-0.25, -0.2) is 14.6 Å². The molecule has 2 rings (SSSR count). The third-order valence-electron chi connectivity index (χ3n) is 1.96. The monoisotopic (exact) mass is 193 g/mol. The van der Waals surface area contributed by atoms with Gasteiger partial charge in [-0.1, -0.05) is 0 Å². The van der Waals surface area contributed by atoms with Gasteiger partial charge in [0.25, 0.3) is 0 Å². The number of aryl methyl sites for hydroxylation is 2. The van der Waals surface area contributed by atoms with E-state index >= 15 is 0 Å². The van der Waals surface area contributed by atoms with Gasteiger partial charge >= 0.3 is 0 Å². The molecule has 0 aliphatic carbocycles. The number of anilines is 1. The van der Waals surface area contributed by atoms with E-state index in [0.717, 1.165) is 0 Å². The second-order valence-corrected chi connectivity index (χ2v) is 2.99. The molecule has 0 aliphatic rings. The number of hydrogen-bond acceptors (Lipinski definition) is 5. The summed E-state index contributed by atoms with van der Waals surface area (Å²) in [6.07, 6.45) is 0. The van der Waals surface area contributed by atoms with Crippen molar-refractivity contribution in [1.82, 2.24) is 19.7 Å². The number of nitrogens with zero attached hydrogens (tertiary/aromatic N) is 4. The molecule has 0 saturated heterocycles. The quantitative estimate of drug-likeness (QED) is 0.702. The molecule has 0 fully saturated rings. The predicted molar refractivity (Wildman–Crippen MR) is 52.0 cm³/mol. The molecule has 0 saturated carbocycles. The largest absolute Gasteiger partial charge is 0.480 e. The van der Waals surface area contributed by atoms with Crippen LogP contribution in [0.1, 0.15) is 5.82 Å². The van der Waals surface area contributed by atoms with Gasteiger partial charge in [-0.15, -0.1) is 0 Å². The van der Waals surface area contributed by atoms with E-state index in [2.05, 4.69) is 15.1 Å². The molecule has 2 aromatic rings. The molecule has 2 N–H and O–H groups in total. The fourth-order valence-corrected chi connectivity index (χ4v) is 1.41. The first-order chi connectivity index (χ1) is 6.63. The van der Waals surface area contributed by atoms with Crippen LogP contribution in [0.3, 0.4) is 0 Å². The maximum Gasteiger partial charge on any atom is 0.238 e.